The van der Waals surface area contributed by atoms with Crippen molar-refractivity contribution in [3.8, 4) is 11.3 Å². The molecule has 7 nitrogen and oxygen atoms in total. The average molecular weight is 319 g/mol. The zero-order valence-corrected chi connectivity index (χ0v) is 13.0. The molecular weight excluding hydrogens is 302 g/mol. The third-order valence-corrected chi connectivity index (χ3v) is 3.86. The van der Waals surface area contributed by atoms with Gasteiger partial charge in [0, 0.05) is 47.8 Å². The molecule has 0 spiro atoms. The minimum absolute atomic E-state index is 0.492. The Bertz CT molecular complexity index is 943. The van der Waals surface area contributed by atoms with Crippen molar-refractivity contribution in [2.24, 2.45) is 0 Å². The van der Waals surface area contributed by atoms with Gasteiger partial charge in [-0.05, 0) is 18.2 Å². The maximum absolute atomic E-state index is 5.97. The minimum atomic E-state index is 0.492. The number of anilines is 2. The maximum atomic E-state index is 5.97. The molecule has 0 aliphatic rings. The highest BCUT2D eigenvalue weighted by Gasteiger charge is 2.07. The van der Waals surface area contributed by atoms with Crippen molar-refractivity contribution in [2.45, 2.75) is 6.54 Å². The highest BCUT2D eigenvalue weighted by atomic mass is 15.3. The molecule has 0 aliphatic carbocycles. The van der Waals surface area contributed by atoms with Gasteiger partial charge in [-0.2, -0.15) is 10.2 Å². The number of H-pyrrole nitrogens is 1. The van der Waals surface area contributed by atoms with Gasteiger partial charge in [0.05, 0.1) is 17.8 Å². The van der Waals surface area contributed by atoms with Gasteiger partial charge < -0.3 is 11.1 Å². The third-order valence-electron chi connectivity index (χ3n) is 3.86. The predicted octanol–water partition coefficient (Wildman–Crippen LogP) is 2.52. The van der Waals surface area contributed by atoms with Crippen molar-refractivity contribution in [3.05, 3.63) is 55.0 Å². The highest BCUT2D eigenvalue weighted by Crippen LogP contribution is 2.28. The van der Waals surface area contributed by atoms with Gasteiger partial charge in [0.1, 0.15) is 5.82 Å². The first-order valence-electron chi connectivity index (χ1n) is 7.71. The van der Waals surface area contributed by atoms with E-state index in [-0.39, 0.29) is 0 Å². The van der Waals surface area contributed by atoms with Crippen LogP contribution in [0.25, 0.3) is 22.2 Å². The topological polar surface area (TPSA) is 97.4 Å². The Labute approximate surface area is 138 Å². The lowest BCUT2D eigenvalue weighted by Gasteiger charge is -2.11. The monoisotopic (exact) mass is 319 g/mol. The molecule has 3 heterocycles. The molecule has 4 rings (SSSR count). The molecule has 4 aromatic rings. The number of aromatic nitrogens is 5. The summed E-state index contributed by atoms with van der Waals surface area (Å²) in [5, 5.41) is 15.6. The molecule has 0 unspecified atom stereocenters. The fourth-order valence-corrected chi connectivity index (χ4v) is 2.72. The first-order chi connectivity index (χ1) is 11.8. The van der Waals surface area contributed by atoms with E-state index < -0.39 is 0 Å². The van der Waals surface area contributed by atoms with E-state index in [1.807, 2.05) is 47.3 Å². The molecule has 0 saturated heterocycles. The van der Waals surface area contributed by atoms with Crippen LogP contribution >= 0.6 is 0 Å². The Balaban J connectivity index is 1.62. The van der Waals surface area contributed by atoms with Gasteiger partial charge in [-0.1, -0.05) is 12.1 Å². The number of benzene rings is 1. The lowest BCUT2D eigenvalue weighted by Crippen LogP contribution is -2.11. The van der Waals surface area contributed by atoms with Crippen molar-refractivity contribution in [1.29, 1.82) is 0 Å². The molecule has 4 N–H and O–H groups in total. The lowest BCUT2D eigenvalue weighted by atomic mass is 10.1. The van der Waals surface area contributed by atoms with E-state index in [1.165, 1.54) is 0 Å². The Morgan fingerprint density at radius 3 is 2.92 bits per heavy atom. The zero-order valence-electron chi connectivity index (χ0n) is 13.0. The van der Waals surface area contributed by atoms with Gasteiger partial charge in [0.25, 0.3) is 0 Å². The fraction of sp³-hybridized carbons (Fsp3) is 0.118. The molecule has 0 radical (unpaired) electrons. The molecule has 1 aromatic carbocycles. The normalized spacial score (nSPS) is 11.0. The van der Waals surface area contributed by atoms with Crippen LogP contribution in [0, 0.1) is 0 Å². The van der Waals surface area contributed by atoms with Crippen LogP contribution in [0.1, 0.15) is 0 Å². The number of rotatable bonds is 5. The van der Waals surface area contributed by atoms with Crippen LogP contribution in [0.15, 0.2) is 55.0 Å². The molecule has 0 aliphatic heterocycles. The minimum Gasteiger partial charge on any atom is -0.384 e. The molecular formula is C17H17N7. The van der Waals surface area contributed by atoms with Crippen molar-refractivity contribution < 1.29 is 0 Å². The molecule has 0 amide bonds. The van der Waals surface area contributed by atoms with Crippen LogP contribution in [0.3, 0.4) is 0 Å². The summed E-state index contributed by atoms with van der Waals surface area (Å²) in [4.78, 5) is 4.45. The Morgan fingerprint density at radius 1 is 1.17 bits per heavy atom. The van der Waals surface area contributed by atoms with Crippen molar-refractivity contribution in [1.82, 2.24) is 25.0 Å². The molecule has 24 heavy (non-hydrogen) atoms. The SMILES string of the molecule is Nc1cc(NCCn2cccn2)c2ccc(-c3ccn[nH]3)cc2n1. The standard InChI is InChI=1S/C17H17N7/c18-17-11-15(19-7-9-24-8-1-5-21-24)13-3-2-12(10-16(13)22-17)14-4-6-20-23-14/h1-6,8,10-11H,7,9H2,(H,20,23)(H3,18,19,22). The van der Waals surface area contributed by atoms with E-state index in [0.717, 1.165) is 40.9 Å². The van der Waals surface area contributed by atoms with Crippen LogP contribution in [-0.2, 0) is 6.54 Å². The third kappa shape index (κ3) is 2.79. The Morgan fingerprint density at radius 2 is 2.12 bits per heavy atom. The fourth-order valence-electron chi connectivity index (χ4n) is 2.72. The van der Waals surface area contributed by atoms with Crippen LogP contribution in [-0.4, -0.2) is 31.5 Å². The lowest BCUT2D eigenvalue weighted by molar-refractivity contribution is 0.638. The number of hydrogen-bond donors (Lipinski definition) is 3. The summed E-state index contributed by atoms with van der Waals surface area (Å²) in [6, 6.07) is 11.8. The number of hydrogen-bond acceptors (Lipinski definition) is 5. The summed E-state index contributed by atoms with van der Waals surface area (Å²) < 4.78 is 1.89. The highest BCUT2D eigenvalue weighted by molar-refractivity contribution is 5.95. The second kappa shape index (κ2) is 6.04. The van der Waals surface area contributed by atoms with Gasteiger partial charge >= 0.3 is 0 Å². The molecule has 0 bridgehead atoms. The van der Waals surface area contributed by atoms with Crippen LogP contribution in [0.2, 0.25) is 0 Å². The van der Waals surface area contributed by atoms with E-state index >= 15 is 0 Å². The first kappa shape index (κ1) is 14.3. The summed E-state index contributed by atoms with van der Waals surface area (Å²) in [7, 11) is 0. The maximum Gasteiger partial charge on any atom is 0.126 e. The molecule has 0 fully saturated rings. The van der Waals surface area contributed by atoms with E-state index in [0.29, 0.717) is 5.82 Å². The molecule has 3 aromatic heterocycles. The summed E-state index contributed by atoms with van der Waals surface area (Å²) in [5.74, 6) is 0.492. The number of nitrogen functional groups attached to an aromatic ring is 1. The number of nitrogens with one attached hydrogen (secondary N) is 2. The second-order valence-electron chi connectivity index (χ2n) is 5.49. The van der Waals surface area contributed by atoms with Gasteiger partial charge in [-0.25, -0.2) is 4.98 Å². The van der Waals surface area contributed by atoms with Gasteiger partial charge in [-0.3, -0.25) is 9.78 Å². The summed E-state index contributed by atoms with van der Waals surface area (Å²) in [5.41, 5.74) is 9.78. The van der Waals surface area contributed by atoms with E-state index in [2.05, 4.69) is 25.6 Å². The van der Waals surface area contributed by atoms with Gasteiger partial charge in [0.2, 0.25) is 0 Å². The first-order valence-corrected chi connectivity index (χ1v) is 7.71. The molecule has 7 heteroatoms. The Hall–Kier alpha value is -3.35. The summed E-state index contributed by atoms with van der Waals surface area (Å²) in [6.45, 7) is 1.53. The summed E-state index contributed by atoms with van der Waals surface area (Å²) >= 11 is 0. The van der Waals surface area contributed by atoms with Gasteiger partial charge in [-0.15, -0.1) is 0 Å². The number of pyridine rings is 1. The predicted molar refractivity (Wildman–Crippen MR) is 94.5 cm³/mol. The molecule has 0 saturated carbocycles. The molecule has 0 atom stereocenters. The van der Waals surface area contributed by atoms with Crippen LogP contribution in [0.5, 0.6) is 0 Å². The zero-order chi connectivity index (χ0) is 16.4. The Kier molecular flexibility index (Phi) is 3.59. The van der Waals surface area contributed by atoms with E-state index in [9.17, 15) is 0 Å². The van der Waals surface area contributed by atoms with Crippen molar-refractivity contribution >= 4 is 22.4 Å². The van der Waals surface area contributed by atoms with E-state index in [1.54, 1.807) is 12.4 Å². The number of aromatic amines is 1. The smallest absolute Gasteiger partial charge is 0.126 e. The van der Waals surface area contributed by atoms with Crippen LogP contribution in [0.4, 0.5) is 11.5 Å². The van der Waals surface area contributed by atoms with E-state index in [4.69, 9.17) is 5.73 Å². The number of fused-ring (bicyclic) bond motifs is 1. The van der Waals surface area contributed by atoms with Crippen molar-refractivity contribution in [2.75, 3.05) is 17.6 Å². The average Bonchev–Trinajstić information content (AvgIpc) is 3.28. The molecule has 120 valence electrons. The van der Waals surface area contributed by atoms with Crippen LogP contribution < -0.4 is 11.1 Å². The van der Waals surface area contributed by atoms with Crippen molar-refractivity contribution in [3.63, 3.8) is 0 Å². The quantitative estimate of drug-likeness (QED) is 0.525. The summed E-state index contributed by atoms with van der Waals surface area (Å²) in [6.07, 6.45) is 5.45. The largest absolute Gasteiger partial charge is 0.384 e. The van der Waals surface area contributed by atoms with Gasteiger partial charge in [0.15, 0.2) is 0 Å². The second-order valence-corrected chi connectivity index (χ2v) is 5.49. The number of nitrogens with two attached hydrogens (primary N) is 1. The number of nitrogens with zero attached hydrogens (tertiary/aromatic N) is 4.